The van der Waals surface area contributed by atoms with Crippen LogP contribution in [-0.4, -0.2) is 38.7 Å². The average molecular weight is 443 g/mol. The van der Waals surface area contributed by atoms with Crippen LogP contribution in [0.1, 0.15) is 31.9 Å². The number of fused-ring (bicyclic) bond motifs is 1. The molecular formula is C25H26N6O2. The summed E-state index contributed by atoms with van der Waals surface area (Å²) in [5.74, 6) is 0.584. The number of aromatic nitrogens is 4. The molecule has 8 nitrogen and oxygen atoms in total. The van der Waals surface area contributed by atoms with Crippen molar-refractivity contribution in [1.82, 2.24) is 19.6 Å². The minimum absolute atomic E-state index is 0.0417. The second-order valence-electron chi connectivity index (χ2n) is 8.20. The predicted octanol–water partition coefficient (Wildman–Crippen LogP) is 4.26. The molecule has 3 aromatic heterocycles. The Kier molecular flexibility index (Phi) is 7.49. The summed E-state index contributed by atoms with van der Waals surface area (Å²) in [5, 5.41) is 13.4. The molecule has 0 spiro atoms. The summed E-state index contributed by atoms with van der Waals surface area (Å²) in [4.78, 5) is 22.1. The number of carbonyl (C=O) groups is 1. The van der Waals surface area contributed by atoms with Crippen LogP contribution in [-0.2, 0) is 16.1 Å². The van der Waals surface area contributed by atoms with Gasteiger partial charge in [0, 0.05) is 37.2 Å². The maximum atomic E-state index is 11.8. The molecule has 0 N–H and O–H groups in total. The molecule has 3 heterocycles. The third-order valence-corrected chi connectivity index (χ3v) is 4.74. The molecule has 33 heavy (non-hydrogen) atoms. The molecular weight excluding hydrogens is 416 g/mol. The Morgan fingerprint density at radius 3 is 2.58 bits per heavy atom. The Morgan fingerprint density at radius 2 is 1.94 bits per heavy atom. The first-order valence-corrected chi connectivity index (χ1v) is 10.4. The van der Waals surface area contributed by atoms with Gasteiger partial charge in [0.25, 0.3) is 0 Å². The highest BCUT2D eigenvalue weighted by molar-refractivity contribution is 5.77. The molecule has 0 fully saturated rings. The van der Waals surface area contributed by atoms with Crippen LogP contribution in [0.2, 0.25) is 0 Å². The molecule has 0 saturated heterocycles. The second-order valence-corrected chi connectivity index (χ2v) is 8.20. The largest absolute Gasteiger partial charge is 0.379 e. The third kappa shape index (κ3) is 6.21. The van der Waals surface area contributed by atoms with Gasteiger partial charge in [-0.05, 0) is 44.5 Å². The van der Waals surface area contributed by atoms with Crippen LogP contribution in [0.25, 0.3) is 16.9 Å². The molecule has 8 heteroatoms. The topological polar surface area (TPSA) is 96.4 Å². The van der Waals surface area contributed by atoms with E-state index in [4.69, 9.17) is 10.00 Å². The van der Waals surface area contributed by atoms with Gasteiger partial charge in [-0.2, -0.15) is 14.9 Å². The number of carbonyl (C=O) groups excluding carboxylic acids is 1. The monoisotopic (exact) mass is 442 g/mol. The van der Waals surface area contributed by atoms with Crippen LogP contribution >= 0.6 is 0 Å². The fraction of sp³-hybridized carbons (Fsp3) is 0.240. The summed E-state index contributed by atoms with van der Waals surface area (Å²) in [5.41, 5.74) is 3.56. The summed E-state index contributed by atoms with van der Waals surface area (Å²) in [6.07, 6.45) is 5.80. The number of anilines is 1. The average Bonchev–Trinajstić information content (AvgIpc) is 3.31. The fourth-order valence-corrected chi connectivity index (χ4v) is 2.86. The number of amides is 1. The van der Waals surface area contributed by atoms with Crippen molar-refractivity contribution in [3.63, 3.8) is 0 Å². The van der Waals surface area contributed by atoms with Gasteiger partial charge >= 0.3 is 0 Å². The standard InChI is InChI=1S/C20H14N6O.C5H12O/c21-11-15-3-1-5-17(9-15)18-10-20(26-19(24-18)6-8-23-26)25(14-27)13-16-4-2-7-22-12-16;1-5(2,3)6-4/h1-10,12,14H,13H2;1-4H3. The number of methoxy groups -OCH3 is 1. The van der Waals surface area contributed by atoms with Gasteiger partial charge in [0.15, 0.2) is 5.65 Å². The Hall–Kier alpha value is -4.09. The van der Waals surface area contributed by atoms with E-state index >= 15 is 0 Å². The number of rotatable bonds is 5. The van der Waals surface area contributed by atoms with Crippen molar-refractivity contribution < 1.29 is 9.53 Å². The second kappa shape index (κ2) is 10.5. The zero-order chi connectivity index (χ0) is 23.8. The van der Waals surface area contributed by atoms with Gasteiger partial charge in [-0.25, -0.2) is 4.98 Å². The van der Waals surface area contributed by atoms with Crippen LogP contribution in [0.5, 0.6) is 0 Å². The molecule has 0 bridgehead atoms. The van der Waals surface area contributed by atoms with Crippen LogP contribution in [0, 0.1) is 11.3 Å². The lowest BCUT2D eigenvalue weighted by Crippen LogP contribution is -2.23. The molecule has 0 radical (unpaired) electrons. The lowest BCUT2D eigenvalue weighted by atomic mass is 10.1. The van der Waals surface area contributed by atoms with E-state index in [1.807, 2.05) is 45.0 Å². The van der Waals surface area contributed by atoms with Crippen LogP contribution in [0.3, 0.4) is 0 Å². The Balaban J connectivity index is 0.000000454. The van der Waals surface area contributed by atoms with Crippen molar-refractivity contribution in [1.29, 1.82) is 5.26 Å². The number of nitrogens with zero attached hydrogens (tertiary/aromatic N) is 6. The Labute approximate surface area is 193 Å². The minimum Gasteiger partial charge on any atom is -0.379 e. The highest BCUT2D eigenvalue weighted by Crippen LogP contribution is 2.25. The van der Waals surface area contributed by atoms with Crippen molar-refractivity contribution in [2.24, 2.45) is 0 Å². The van der Waals surface area contributed by atoms with Crippen molar-refractivity contribution in [3.05, 3.63) is 78.2 Å². The SMILES string of the molecule is COC(C)(C)C.N#Cc1cccc(-c2cc(N(C=O)Cc3cccnc3)n3nccc3n2)c1. The van der Waals surface area contributed by atoms with Gasteiger partial charge in [-0.15, -0.1) is 0 Å². The van der Waals surface area contributed by atoms with Crippen LogP contribution in [0.15, 0.2) is 67.1 Å². The molecule has 1 aromatic carbocycles. The van der Waals surface area contributed by atoms with Gasteiger partial charge < -0.3 is 4.74 Å². The lowest BCUT2D eigenvalue weighted by molar-refractivity contribution is -0.107. The van der Waals surface area contributed by atoms with Crippen molar-refractivity contribution >= 4 is 17.9 Å². The summed E-state index contributed by atoms with van der Waals surface area (Å²) < 4.78 is 6.55. The molecule has 0 aliphatic carbocycles. The van der Waals surface area contributed by atoms with Crippen LogP contribution < -0.4 is 4.90 Å². The van der Waals surface area contributed by atoms with E-state index < -0.39 is 0 Å². The number of pyridine rings is 1. The van der Waals surface area contributed by atoms with E-state index in [1.165, 1.54) is 0 Å². The van der Waals surface area contributed by atoms with E-state index in [-0.39, 0.29) is 5.60 Å². The number of ether oxygens (including phenoxy) is 1. The molecule has 0 aliphatic rings. The summed E-state index contributed by atoms with van der Waals surface area (Å²) in [7, 11) is 1.71. The number of nitriles is 1. The molecule has 168 valence electrons. The van der Waals surface area contributed by atoms with Gasteiger partial charge in [-0.3, -0.25) is 14.7 Å². The highest BCUT2D eigenvalue weighted by Gasteiger charge is 2.15. The predicted molar refractivity (Wildman–Crippen MR) is 126 cm³/mol. The zero-order valence-electron chi connectivity index (χ0n) is 19.1. The van der Waals surface area contributed by atoms with Crippen molar-refractivity contribution in [2.75, 3.05) is 12.0 Å². The lowest BCUT2D eigenvalue weighted by Gasteiger charge is -2.19. The van der Waals surface area contributed by atoms with E-state index in [0.717, 1.165) is 17.5 Å². The summed E-state index contributed by atoms with van der Waals surface area (Å²) in [6.45, 7) is 6.42. The first-order chi connectivity index (χ1) is 15.8. The molecule has 4 rings (SSSR count). The van der Waals surface area contributed by atoms with Gasteiger partial charge in [-0.1, -0.05) is 18.2 Å². The number of benzene rings is 1. The van der Waals surface area contributed by atoms with E-state index in [0.29, 0.717) is 29.3 Å². The maximum Gasteiger partial charge on any atom is 0.215 e. The number of hydrogen-bond acceptors (Lipinski definition) is 6. The maximum absolute atomic E-state index is 11.8. The number of hydrogen-bond donors (Lipinski definition) is 0. The van der Waals surface area contributed by atoms with Crippen molar-refractivity contribution in [3.8, 4) is 17.3 Å². The quantitative estimate of drug-likeness (QED) is 0.429. The van der Waals surface area contributed by atoms with Crippen LogP contribution in [0.4, 0.5) is 5.82 Å². The molecule has 0 saturated carbocycles. The minimum atomic E-state index is 0.0417. The first-order valence-electron chi connectivity index (χ1n) is 10.4. The smallest absolute Gasteiger partial charge is 0.215 e. The highest BCUT2D eigenvalue weighted by atomic mass is 16.5. The normalized spacial score (nSPS) is 10.8. The van der Waals surface area contributed by atoms with Gasteiger partial charge in [0.2, 0.25) is 6.41 Å². The summed E-state index contributed by atoms with van der Waals surface area (Å²) in [6, 6.07) is 16.6. The van der Waals surface area contributed by atoms with Gasteiger partial charge in [0.1, 0.15) is 5.82 Å². The van der Waals surface area contributed by atoms with E-state index in [9.17, 15) is 4.79 Å². The first kappa shape index (κ1) is 23.6. The molecule has 4 aromatic rings. The Bertz CT molecular complexity index is 1260. The van der Waals surface area contributed by atoms with E-state index in [1.54, 1.807) is 59.4 Å². The van der Waals surface area contributed by atoms with E-state index in [2.05, 4.69) is 21.1 Å². The third-order valence-electron chi connectivity index (χ3n) is 4.74. The molecule has 0 atom stereocenters. The zero-order valence-corrected chi connectivity index (χ0v) is 19.1. The Morgan fingerprint density at radius 1 is 1.15 bits per heavy atom. The molecule has 1 amide bonds. The fourth-order valence-electron chi connectivity index (χ4n) is 2.86. The van der Waals surface area contributed by atoms with Crippen molar-refractivity contribution in [2.45, 2.75) is 32.9 Å². The van der Waals surface area contributed by atoms with Gasteiger partial charge in [0.05, 0.1) is 35.7 Å². The summed E-state index contributed by atoms with van der Waals surface area (Å²) >= 11 is 0. The molecule has 0 aliphatic heterocycles. The molecule has 0 unspecified atom stereocenters.